The molecule has 0 spiro atoms. The second-order valence-corrected chi connectivity index (χ2v) is 13.7. The van der Waals surface area contributed by atoms with Crippen molar-refractivity contribution in [2.75, 3.05) is 0 Å². The fourth-order valence-electron chi connectivity index (χ4n) is 7.72. The van der Waals surface area contributed by atoms with Gasteiger partial charge in [0.2, 0.25) is 0 Å². The van der Waals surface area contributed by atoms with Crippen molar-refractivity contribution in [3.63, 3.8) is 0 Å². The van der Waals surface area contributed by atoms with Crippen molar-refractivity contribution in [1.29, 1.82) is 0 Å². The average molecular weight is 687 g/mol. The minimum atomic E-state index is 1.17. The minimum Gasteiger partial charge on any atom is -0.0622 e. The van der Waals surface area contributed by atoms with Gasteiger partial charge >= 0.3 is 0 Å². The molecule has 0 nitrogen and oxygen atoms in total. The molecule has 0 aliphatic carbocycles. The van der Waals surface area contributed by atoms with Crippen LogP contribution >= 0.6 is 0 Å². The summed E-state index contributed by atoms with van der Waals surface area (Å²) in [5, 5.41) is 4.92. The van der Waals surface area contributed by atoms with Gasteiger partial charge in [-0.15, -0.1) is 0 Å². The molecule has 0 saturated heterocycles. The zero-order valence-electron chi connectivity index (χ0n) is 29.9. The second kappa shape index (κ2) is 14.9. The highest BCUT2D eigenvalue weighted by Gasteiger charge is 2.21. The Balaban J connectivity index is 1.36. The van der Waals surface area contributed by atoms with E-state index >= 15 is 0 Å². The molecular weight excluding hydrogens is 649 g/mol. The van der Waals surface area contributed by atoms with Crippen molar-refractivity contribution >= 4 is 44.8 Å². The number of hydrogen-bond donors (Lipinski definition) is 0. The normalized spacial score (nSPS) is 11.9. The first kappa shape index (κ1) is 32.9. The maximum absolute atomic E-state index is 2.39. The molecule has 0 bridgehead atoms. The lowest BCUT2D eigenvalue weighted by atomic mass is 9.81. The molecule has 54 heavy (non-hydrogen) atoms. The van der Waals surface area contributed by atoms with Crippen LogP contribution in [-0.2, 0) is 0 Å². The van der Waals surface area contributed by atoms with Crippen LogP contribution in [-0.4, -0.2) is 0 Å². The molecular formula is C54H38. The van der Waals surface area contributed by atoms with Crippen LogP contribution in [0.25, 0.3) is 67.1 Å². The van der Waals surface area contributed by atoms with E-state index in [-0.39, 0.29) is 0 Å². The minimum absolute atomic E-state index is 1.17. The van der Waals surface area contributed by atoms with Gasteiger partial charge in [0.05, 0.1) is 0 Å². The molecule has 9 aromatic rings. The molecule has 0 N–H and O–H groups in total. The fourth-order valence-corrected chi connectivity index (χ4v) is 7.72. The molecule has 0 unspecified atom stereocenters. The summed E-state index contributed by atoms with van der Waals surface area (Å²) in [5.41, 5.74) is 14.3. The van der Waals surface area contributed by atoms with Gasteiger partial charge in [0.1, 0.15) is 0 Å². The first-order valence-corrected chi connectivity index (χ1v) is 18.6. The van der Waals surface area contributed by atoms with Crippen molar-refractivity contribution in [3.8, 4) is 22.3 Å². The third kappa shape index (κ3) is 6.58. The van der Waals surface area contributed by atoms with E-state index in [9.17, 15) is 0 Å². The fraction of sp³-hybridized carbons (Fsp3) is 0. The van der Waals surface area contributed by atoms with Crippen LogP contribution in [0.3, 0.4) is 0 Å². The molecule has 0 radical (unpaired) electrons. The van der Waals surface area contributed by atoms with E-state index in [1.807, 2.05) is 0 Å². The third-order valence-electron chi connectivity index (χ3n) is 10.3. The molecule has 0 saturated carbocycles. The summed E-state index contributed by atoms with van der Waals surface area (Å²) in [6, 6.07) is 78.8. The first-order chi connectivity index (χ1) is 26.8. The van der Waals surface area contributed by atoms with Crippen LogP contribution in [0.15, 0.2) is 218 Å². The summed E-state index contributed by atoms with van der Waals surface area (Å²) in [6.07, 6.45) is 4.66. The van der Waals surface area contributed by atoms with Gasteiger partial charge in [-0.25, -0.2) is 0 Å². The van der Waals surface area contributed by atoms with Crippen LogP contribution in [0.2, 0.25) is 0 Å². The van der Waals surface area contributed by atoms with Gasteiger partial charge in [0, 0.05) is 0 Å². The highest BCUT2D eigenvalue weighted by atomic mass is 14.2. The molecule has 0 heteroatoms. The number of hydrogen-bond acceptors (Lipinski definition) is 0. The quantitative estimate of drug-likeness (QED) is 0.110. The molecule has 9 rings (SSSR count). The number of rotatable bonds is 8. The summed E-state index contributed by atoms with van der Waals surface area (Å²) < 4.78 is 0. The zero-order chi connectivity index (χ0) is 36.1. The van der Waals surface area contributed by atoms with Crippen molar-refractivity contribution in [2.45, 2.75) is 0 Å². The van der Waals surface area contributed by atoms with Crippen molar-refractivity contribution in [2.24, 2.45) is 0 Å². The summed E-state index contributed by atoms with van der Waals surface area (Å²) in [7, 11) is 0. The van der Waals surface area contributed by atoms with Crippen molar-refractivity contribution in [3.05, 3.63) is 252 Å². The zero-order valence-corrected chi connectivity index (χ0v) is 29.9. The standard InChI is InChI=1S/C54H38/c1-5-19-39(20-6-1)35-51(41-23-9-3-10-24-41)47-30-16-15-29-46(47)50-34-33-45-37-43-27-13-14-28-44(43)38-53(45)54(50)49-32-18-17-31-48(49)52(42-25-11-4-12-26-42)36-40-21-7-2-8-22-40/h1-38H. The van der Waals surface area contributed by atoms with Gasteiger partial charge in [0.15, 0.2) is 0 Å². The van der Waals surface area contributed by atoms with Crippen LogP contribution in [0, 0.1) is 0 Å². The molecule has 0 aromatic heterocycles. The Morgan fingerprint density at radius 3 is 1.28 bits per heavy atom. The maximum atomic E-state index is 2.39. The molecule has 0 aliphatic rings. The monoisotopic (exact) mass is 686 g/mol. The van der Waals surface area contributed by atoms with Gasteiger partial charge in [0.25, 0.3) is 0 Å². The highest BCUT2D eigenvalue weighted by Crippen LogP contribution is 2.46. The van der Waals surface area contributed by atoms with Gasteiger partial charge in [-0.3, -0.25) is 0 Å². The van der Waals surface area contributed by atoms with E-state index in [1.165, 1.54) is 88.3 Å². The molecule has 0 amide bonds. The molecule has 254 valence electrons. The topological polar surface area (TPSA) is 0 Å². The van der Waals surface area contributed by atoms with Gasteiger partial charge < -0.3 is 0 Å². The Hall–Kier alpha value is -7.02. The van der Waals surface area contributed by atoms with E-state index in [0.717, 1.165) is 0 Å². The molecule has 0 aliphatic heterocycles. The molecule has 9 aromatic carbocycles. The van der Waals surface area contributed by atoms with Crippen LogP contribution in [0.4, 0.5) is 0 Å². The van der Waals surface area contributed by atoms with Gasteiger partial charge in [-0.2, -0.15) is 0 Å². The predicted molar refractivity (Wildman–Crippen MR) is 232 cm³/mol. The predicted octanol–water partition coefficient (Wildman–Crippen LogP) is 14.5. The highest BCUT2D eigenvalue weighted by molar-refractivity contribution is 6.13. The Kier molecular flexibility index (Phi) is 9.07. The smallest absolute Gasteiger partial charge is 0.00201 e. The molecule has 0 heterocycles. The lowest BCUT2D eigenvalue weighted by Gasteiger charge is -2.22. The number of fused-ring (bicyclic) bond motifs is 2. The summed E-state index contributed by atoms with van der Waals surface area (Å²) >= 11 is 0. The Bertz CT molecular complexity index is 2770. The molecule has 0 fully saturated rings. The molecule has 0 atom stereocenters. The summed E-state index contributed by atoms with van der Waals surface area (Å²) in [4.78, 5) is 0. The Labute approximate surface area is 317 Å². The van der Waals surface area contributed by atoms with Crippen molar-refractivity contribution in [1.82, 2.24) is 0 Å². The van der Waals surface area contributed by atoms with Gasteiger partial charge in [-0.1, -0.05) is 206 Å². The summed E-state index contributed by atoms with van der Waals surface area (Å²) in [6.45, 7) is 0. The largest absolute Gasteiger partial charge is 0.0622 e. The lowest BCUT2D eigenvalue weighted by Crippen LogP contribution is -1.98. The Morgan fingerprint density at radius 2 is 0.722 bits per heavy atom. The van der Waals surface area contributed by atoms with Crippen LogP contribution in [0.1, 0.15) is 33.4 Å². The van der Waals surface area contributed by atoms with E-state index in [1.54, 1.807) is 0 Å². The summed E-state index contributed by atoms with van der Waals surface area (Å²) in [5.74, 6) is 0. The SMILES string of the molecule is C(=C(c1ccccc1)c1ccccc1-c1ccc2cc3ccccc3cc2c1-c1ccccc1C(=Cc1ccccc1)c1ccccc1)c1ccccc1. The van der Waals surface area contributed by atoms with E-state index in [4.69, 9.17) is 0 Å². The number of benzene rings is 9. The second-order valence-electron chi connectivity index (χ2n) is 13.7. The van der Waals surface area contributed by atoms with E-state index in [2.05, 4.69) is 231 Å². The van der Waals surface area contributed by atoms with E-state index in [0.29, 0.717) is 0 Å². The third-order valence-corrected chi connectivity index (χ3v) is 10.3. The van der Waals surface area contributed by atoms with Crippen LogP contribution in [0.5, 0.6) is 0 Å². The average Bonchev–Trinajstić information content (AvgIpc) is 3.25. The van der Waals surface area contributed by atoms with Crippen LogP contribution < -0.4 is 0 Å². The lowest BCUT2D eigenvalue weighted by molar-refractivity contribution is 1.52. The first-order valence-electron chi connectivity index (χ1n) is 18.6. The van der Waals surface area contributed by atoms with Crippen molar-refractivity contribution < 1.29 is 0 Å². The van der Waals surface area contributed by atoms with E-state index < -0.39 is 0 Å². The maximum Gasteiger partial charge on any atom is -0.00201 e. The Morgan fingerprint density at radius 1 is 0.296 bits per heavy atom. The van der Waals surface area contributed by atoms with Gasteiger partial charge in [-0.05, 0) is 113 Å².